The molecular formula is C21H20ClN5O2. The maximum atomic E-state index is 11.9. The van der Waals surface area contributed by atoms with Crippen LogP contribution in [0.1, 0.15) is 23.2 Å². The summed E-state index contributed by atoms with van der Waals surface area (Å²) >= 11 is 6.24. The van der Waals surface area contributed by atoms with E-state index >= 15 is 0 Å². The minimum atomic E-state index is -0.137. The minimum Gasteiger partial charge on any atom is -0.371 e. The lowest BCUT2D eigenvalue weighted by Gasteiger charge is -2.33. The first-order valence-corrected chi connectivity index (χ1v) is 10.1. The van der Waals surface area contributed by atoms with E-state index in [1.807, 2.05) is 30.3 Å². The van der Waals surface area contributed by atoms with Gasteiger partial charge in [0, 0.05) is 31.3 Å². The van der Waals surface area contributed by atoms with Crippen LogP contribution in [0.15, 0.2) is 36.4 Å². The van der Waals surface area contributed by atoms with Gasteiger partial charge in [-0.25, -0.2) is 4.98 Å². The molecular weight excluding hydrogens is 390 g/mol. The Bertz CT molecular complexity index is 1090. The molecule has 2 aliphatic heterocycles. The van der Waals surface area contributed by atoms with Gasteiger partial charge in [-0.15, -0.1) is 0 Å². The van der Waals surface area contributed by atoms with E-state index in [1.54, 1.807) is 13.1 Å². The van der Waals surface area contributed by atoms with E-state index in [1.165, 1.54) is 0 Å². The summed E-state index contributed by atoms with van der Waals surface area (Å²) < 4.78 is 5.94. The van der Waals surface area contributed by atoms with E-state index in [9.17, 15) is 4.79 Å². The maximum Gasteiger partial charge on any atom is 0.251 e. The molecule has 29 heavy (non-hydrogen) atoms. The lowest BCUT2D eigenvalue weighted by atomic mass is 10.1. The van der Waals surface area contributed by atoms with Crippen LogP contribution in [-0.4, -0.2) is 53.2 Å². The largest absolute Gasteiger partial charge is 0.371 e. The van der Waals surface area contributed by atoms with Crippen molar-refractivity contribution in [2.45, 2.75) is 25.0 Å². The Morgan fingerprint density at radius 2 is 1.93 bits per heavy atom. The lowest BCUT2D eigenvalue weighted by Crippen LogP contribution is -2.43. The second-order valence-corrected chi connectivity index (χ2v) is 7.74. The number of nitrogens with one attached hydrogen (secondary N) is 1. The number of halogens is 1. The van der Waals surface area contributed by atoms with Crippen molar-refractivity contribution < 1.29 is 9.53 Å². The Balaban J connectivity index is 1.55. The monoisotopic (exact) mass is 409 g/mol. The average Bonchev–Trinajstić information content (AvgIpc) is 3.09. The first-order chi connectivity index (χ1) is 14.1. The molecule has 8 heteroatoms. The first kappa shape index (κ1) is 18.3. The summed E-state index contributed by atoms with van der Waals surface area (Å²) in [7, 11) is 1.61. The lowest BCUT2D eigenvalue weighted by molar-refractivity contribution is 0.0303. The van der Waals surface area contributed by atoms with Crippen molar-refractivity contribution in [3.63, 3.8) is 0 Å². The highest BCUT2D eigenvalue weighted by atomic mass is 35.5. The maximum absolute atomic E-state index is 11.9. The molecule has 0 spiro atoms. The highest BCUT2D eigenvalue weighted by molar-refractivity contribution is 6.28. The van der Waals surface area contributed by atoms with E-state index in [-0.39, 0.29) is 23.4 Å². The smallest absolute Gasteiger partial charge is 0.251 e. The second-order valence-electron chi connectivity index (χ2n) is 7.41. The van der Waals surface area contributed by atoms with Crippen LogP contribution in [0.5, 0.6) is 0 Å². The van der Waals surface area contributed by atoms with Crippen molar-refractivity contribution >= 4 is 34.4 Å². The van der Waals surface area contributed by atoms with Gasteiger partial charge >= 0.3 is 0 Å². The Morgan fingerprint density at radius 1 is 1.14 bits per heavy atom. The van der Waals surface area contributed by atoms with Gasteiger partial charge in [0.05, 0.1) is 23.3 Å². The molecule has 0 aliphatic carbocycles. The fourth-order valence-corrected chi connectivity index (χ4v) is 4.28. The van der Waals surface area contributed by atoms with Crippen molar-refractivity contribution in [2.24, 2.45) is 0 Å². The standard InChI is InChI=1S/C21H20ClN5O2/c1-23-20(28)13-4-2-3-12(9-13)17-8-7-16-18(24-17)25-21(22)26-19(16)27-10-14-5-6-15(11-27)29-14/h2-4,7-9,14-15H,5-6,10-11H2,1H3,(H,23,28). The van der Waals surface area contributed by atoms with E-state index in [0.29, 0.717) is 11.2 Å². The van der Waals surface area contributed by atoms with Crippen molar-refractivity contribution in [3.05, 3.63) is 47.2 Å². The Labute approximate surface area is 173 Å². The number of fused-ring (bicyclic) bond motifs is 3. The van der Waals surface area contributed by atoms with Gasteiger partial charge in [-0.05, 0) is 48.7 Å². The van der Waals surface area contributed by atoms with Gasteiger partial charge in [-0.2, -0.15) is 9.97 Å². The molecule has 1 amide bonds. The molecule has 1 aromatic carbocycles. The topological polar surface area (TPSA) is 80.2 Å². The van der Waals surface area contributed by atoms with Crippen LogP contribution in [-0.2, 0) is 4.74 Å². The summed E-state index contributed by atoms with van der Waals surface area (Å²) in [5, 5.41) is 3.68. The molecule has 2 unspecified atom stereocenters. The predicted molar refractivity (Wildman–Crippen MR) is 111 cm³/mol. The number of carbonyl (C=O) groups excluding carboxylic acids is 1. The molecule has 2 aromatic heterocycles. The predicted octanol–water partition coefficient (Wildman–Crippen LogP) is 3.07. The number of carbonyl (C=O) groups is 1. The number of hydrogen-bond acceptors (Lipinski definition) is 6. The quantitative estimate of drug-likeness (QED) is 0.669. The molecule has 5 rings (SSSR count). The number of benzene rings is 1. The Morgan fingerprint density at radius 3 is 2.69 bits per heavy atom. The van der Waals surface area contributed by atoms with Gasteiger partial charge in [-0.3, -0.25) is 4.79 Å². The summed E-state index contributed by atoms with van der Waals surface area (Å²) in [5.41, 5.74) is 2.69. The van der Waals surface area contributed by atoms with Crippen LogP contribution in [0, 0.1) is 0 Å². The van der Waals surface area contributed by atoms with Crippen molar-refractivity contribution in [1.82, 2.24) is 20.3 Å². The zero-order chi connectivity index (χ0) is 20.0. The molecule has 2 saturated heterocycles. The number of ether oxygens (including phenoxy) is 1. The first-order valence-electron chi connectivity index (χ1n) is 9.68. The number of amides is 1. The van der Waals surface area contributed by atoms with Gasteiger partial charge in [-0.1, -0.05) is 12.1 Å². The molecule has 2 bridgehead atoms. The molecule has 3 aromatic rings. The highest BCUT2D eigenvalue weighted by Gasteiger charge is 2.35. The van der Waals surface area contributed by atoms with Gasteiger partial charge in [0.2, 0.25) is 5.28 Å². The third-order valence-electron chi connectivity index (χ3n) is 5.50. The van der Waals surface area contributed by atoms with Crippen LogP contribution >= 0.6 is 11.6 Å². The molecule has 4 heterocycles. The zero-order valence-electron chi connectivity index (χ0n) is 15.9. The number of pyridine rings is 1. The van der Waals surface area contributed by atoms with E-state index < -0.39 is 0 Å². The van der Waals surface area contributed by atoms with Crippen LogP contribution in [0.2, 0.25) is 5.28 Å². The number of nitrogens with zero attached hydrogens (tertiary/aromatic N) is 4. The van der Waals surface area contributed by atoms with E-state index in [4.69, 9.17) is 21.3 Å². The number of anilines is 1. The van der Waals surface area contributed by atoms with Gasteiger partial charge < -0.3 is 15.0 Å². The molecule has 2 atom stereocenters. The molecule has 0 saturated carbocycles. The highest BCUT2D eigenvalue weighted by Crippen LogP contribution is 2.33. The summed E-state index contributed by atoms with van der Waals surface area (Å²) in [5.74, 6) is 0.667. The Hall–Kier alpha value is -2.77. The number of morpholine rings is 1. The van der Waals surface area contributed by atoms with Crippen LogP contribution in [0.4, 0.5) is 5.82 Å². The van der Waals surface area contributed by atoms with Crippen molar-refractivity contribution in [1.29, 1.82) is 0 Å². The number of rotatable bonds is 3. The fourth-order valence-electron chi connectivity index (χ4n) is 4.12. The number of hydrogen-bond donors (Lipinski definition) is 1. The molecule has 1 N–H and O–H groups in total. The SMILES string of the molecule is CNC(=O)c1cccc(-c2ccc3c(N4CC5CCC(C4)O5)nc(Cl)nc3n2)c1. The molecule has 2 aliphatic rings. The Kier molecular flexibility index (Phi) is 4.56. The number of aromatic nitrogens is 3. The normalized spacial score (nSPS) is 20.8. The summed E-state index contributed by atoms with van der Waals surface area (Å²) in [6.45, 7) is 1.60. The third-order valence-corrected chi connectivity index (χ3v) is 5.67. The molecule has 2 fully saturated rings. The van der Waals surface area contributed by atoms with Crippen LogP contribution < -0.4 is 10.2 Å². The van der Waals surface area contributed by atoms with Crippen molar-refractivity contribution in [3.8, 4) is 11.3 Å². The van der Waals surface area contributed by atoms with Gasteiger partial charge in [0.15, 0.2) is 5.65 Å². The van der Waals surface area contributed by atoms with Gasteiger partial charge in [0.1, 0.15) is 5.82 Å². The van der Waals surface area contributed by atoms with Gasteiger partial charge in [0.25, 0.3) is 5.91 Å². The van der Waals surface area contributed by atoms with Crippen molar-refractivity contribution in [2.75, 3.05) is 25.0 Å². The fraction of sp³-hybridized carbons (Fsp3) is 0.333. The third kappa shape index (κ3) is 3.41. The second kappa shape index (κ2) is 7.24. The molecule has 0 radical (unpaired) electrons. The summed E-state index contributed by atoms with van der Waals surface area (Å²) in [6.07, 6.45) is 2.67. The minimum absolute atomic E-state index is 0.137. The molecule has 7 nitrogen and oxygen atoms in total. The van der Waals surface area contributed by atoms with E-state index in [0.717, 1.165) is 48.4 Å². The summed E-state index contributed by atoms with van der Waals surface area (Å²) in [6, 6.07) is 11.3. The molecule has 148 valence electrons. The van der Waals surface area contributed by atoms with E-state index in [2.05, 4.69) is 20.2 Å². The zero-order valence-corrected chi connectivity index (χ0v) is 16.7. The van der Waals surface area contributed by atoms with Crippen LogP contribution in [0.3, 0.4) is 0 Å². The summed E-state index contributed by atoms with van der Waals surface area (Å²) in [4.78, 5) is 27.7. The van der Waals surface area contributed by atoms with Crippen LogP contribution in [0.25, 0.3) is 22.3 Å². The average molecular weight is 410 g/mol.